The third kappa shape index (κ3) is 68.6. The molecule has 121 heavy (non-hydrogen) atoms. The highest BCUT2D eigenvalue weighted by Crippen LogP contribution is 2.41. The smallest absolute Gasteiger partial charge is 0.330 e. The van der Waals surface area contributed by atoms with E-state index in [0.717, 1.165) is 56.1 Å². The Morgan fingerprint density at radius 1 is 0.306 bits per heavy atom. The molecule has 3 heterocycles. The molecule has 3 saturated heterocycles. The molecule has 716 valence electrons. The quantitative estimate of drug-likeness (QED) is 0.00721. The Labute approximate surface area is 749 Å². The Bertz CT molecular complexity index is 2430. The Kier molecular flexibility index (Phi) is 73.3. The van der Waals surface area contributed by atoms with Crippen molar-refractivity contribution in [2.24, 2.45) is 0 Å². The summed E-state index contributed by atoms with van der Waals surface area (Å²) in [4.78, 5) is 54.9. The molecule has 5 N–H and O–H groups in total. The first-order valence-corrected chi connectivity index (χ1v) is 70.0. The Morgan fingerprint density at radius 3 is 0.603 bits per heavy atom. The fraction of sp³-hybridized carbons (Fsp3) is 0.767. The Morgan fingerprint density at radius 2 is 0.463 bits per heavy atom. The molecular formula is C73H159ClO35Si12. The lowest BCUT2D eigenvalue weighted by Gasteiger charge is -2.50. The number of carbonyl (C=O) groups excluding carboxylic acids is 5. The molecular weight excluding hydrogens is 1810 g/mol. The van der Waals surface area contributed by atoms with E-state index < -0.39 is 135 Å². The number of rotatable bonds is 61. The van der Waals surface area contributed by atoms with E-state index in [4.69, 9.17) is 154 Å². The van der Waals surface area contributed by atoms with Crippen LogP contribution in [0.15, 0.2) is 75.9 Å². The number of hydrogen-bond donors (Lipinski definition) is 5. The fourth-order valence-electron chi connectivity index (χ4n) is 12.2. The van der Waals surface area contributed by atoms with E-state index >= 15 is 0 Å². The molecule has 0 aromatic heterocycles. The first-order valence-electron chi connectivity index (χ1n) is 43.0. The van der Waals surface area contributed by atoms with Crippen LogP contribution in [0.2, 0.25) is 127 Å². The van der Waals surface area contributed by atoms with Gasteiger partial charge in [0.05, 0.1) is 99.1 Å². The molecule has 0 atom stereocenters. The summed E-state index contributed by atoms with van der Waals surface area (Å²) in [6.45, 7) is 52.2. The molecule has 0 spiro atoms. The van der Waals surface area contributed by atoms with E-state index in [-0.39, 0.29) is 94.7 Å². The highest BCUT2D eigenvalue weighted by Gasteiger charge is 2.58. The van der Waals surface area contributed by atoms with Gasteiger partial charge in [-0.25, -0.2) is 19.2 Å². The lowest BCUT2D eigenvalue weighted by Crippen LogP contribution is -2.67. The van der Waals surface area contributed by atoms with Crippen molar-refractivity contribution in [3.05, 3.63) is 75.9 Å². The van der Waals surface area contributed by atoms with Gasteiger partial charge in [0.1, 0.15) is 26.4 Å². The Hall–Kier alpha value is -2.16. The SMILES string of the molecule is C.C=CC(=O)Cl.C=CC(=O)OCCOCCC[Si]1(C)O[Si](C)(CCCOCCOC(=O)C=C)O[Si](C)(CCCOCCOC(=O)C=C)O[Si](C)(CCCOCCOC(=O)C=C)O1.C=CCOCCO.C[SiH]1O[SiH](C)O[SiH](C)O[SiH](C)O1.C[Si]1(CCCOCCO)O[Si](C)(CCCOCCO)O[Si](C)(CCCOCCO)O[Si](C)(CCCOCCO)O1.[2H][2H].[2H][2H].[HH]. The number of allylic oxidation sites excluding steroid dienone is 1. The first kappa shape index (κ1) is 119. The second-order valence-electron chi connectivity index (χ2n) is 28.4. The molecule has 0 radical (unpaired) electrons. The standard InChI is InChI=1S/C36H64O16Si4.C24H56O12Si4.C5H10O2.C4H16O4Si4.C3H3ClO.CH4.3H2/c1-9-33(37)45-25-21-41-17-13-29-53(5)49-54(6,30-14-18-42-22-26-46-34(38)10-2)51-56(8,32-16-20-44-24-28-48-36(40)12-4)52-55(7,50-53)31-15-19-43-23-27-47-35(39)11-3;1-37(21-5-13-29-17-9-25)33-38(2,22-6-14-30-18-10-26)35-40(4,24-8-16-32-20-12-28)36-39(3,34-37)23-7-15-31-19-11-27;1-2-4-7-5-3-6;1-9-5-10(2)7-12(4)8-11(3)6-9;1-2-3(4)5;;;;/h9-12H,1-4,13-32H2,5-8H3;25-28H,5-24H2,1-4H3;2,6H,1,3-5H2;9-12H,1-4H3;2H,1H2;1H4;3*1H/i;;;;;;2*1+1D;. The van der Waals surface area contributed by atoms with Gasteiger partial charge in [0, 0.05) is 84.5 Å². The minimum absolute atomic E-state index is 0. The summed E-state index contributed by atoms with van der Waals surface area (Å²) < 4.78 is 169. The van der Waals surface area contributed by atoms with Crippen molar-refractivity contribution in [2.75, 3.05) is 178 Å². The predicted octanol–water partition coefficient (Wildman–Crippen LogP) is 8.81. The molecule has 0 aliphatic carbocycles. The van der Waals surface area contributed by atoms with Crippen molar-refractivity contribution in [3.8, 4) is 0 Å². The molecule has 0 amide bonds. The normalized spacial score (nSPS) is 26.0. The minimum atomic E-state index is -2.98. The average Bonchev–Trinajstić information content (AvgIpc) is 0.772. The maximum atomic E-state index is 11.4. The zero-order chi connectivity index (χ0) is 94.5. The number of aliphatic hydroxyl groups is 5. The first-order chi connectivity index (χ1) is 59.0. The number of esters is 4. The van der Waals surface area contributed by atoms with Gasteiger partial charge in [0.25, 0.3) is 37.1 Å². The molecule has 0 aromatic rings. The summed E-state index contributed by atoms with van der Waals surface area (Å²) in [5.41, 5.74) is 0. The van der Waals surface area contributed by atoms with Crippen molar-refractivity contribution in [3.63, 3.8) is 0 Å². The molecule has 35 nitrogen and oxygen atoms in total. The van der Waals surface area contributed by atoms with E-state index in [1.165, 1.54) is 0 Å². The number of halogens is 1. The summed E-state index contributed by atoms with van der Waals surface area (Å²) in [5, 5.41) is 43.8. The van der Waals surface area contributed by atoms with E-state index in [1.807, 2.05) is 52.4 Å². The summed E-state index contributed by atoms with van der Waals surface area (Å²) >= 11 is 4.71. The predicted molar refractivity (Wildman–Crippen MR) is 495 cm³/mol. The lowest BCUT2D eigenvalue weighted by molar-refractivity contribution is -0.140. The number of hydrogen-bond acceptors (Lipinski definition) is 35. The molecule has 0 bridgehead atoms. The second kappa shape index (κ2) is 74.6. The monoisotopic (exact) mass is 1970 g/mol. The Balaban J connectivity index is -0.000000441. The van der Waals surface area contributed by atoms with Crippen LogP contribution < -0.4 is 0 Å². The van der Waals surface area contributed by atoms with Crippen LogP contribution in [0.25, 0.3) is 0 Å². The van der Waals surface area contributed by atoms with Gasteiger partial charge in [-0.15, -0.1) is 6.58 Å². The largest absolute Gasteiger partial charge is 0.460 e. The van der Waals surface area contributed by atoms with Crippen LogP contribution in [0.1, 0.15) is 66.2 Å². The van der Waals surface area contributed by atoms with Crippen molar-refractivity contribution in [2.45, 2.75) is 186 Å². The van der Waals surface area contributed by atoms with Crippen molar-refractivity contribution < 1.29 is 168 Å². The molecule has 0 unspecified atom stereocenters. The van der Waals surface area contributed by atoms with Gasteiger partial charge >= 0.3 is 92.4 Å². The highest BCUT2D eigenvalue weighted by atomic mass is 35.5. The van der Waals surface area contributed by atoms with Crippen LogP contribution in [-0.2, 0) is 135 Å². The number of ether oxygens (including phenoxy) is 13. The highest BCUT2D eigenvalue weighted by molar-refractivity contribution is 6.95. The van der Waals surface area contributed by atoms with Crippen LogP contribution in [-0.4, -0.2) is 339 Å². The van der Waals surface area contributed by atoms with E-state index in [2.05, 4.69) is 65.7 Å². The van der Waals surface area contributed by atoms with E-state index in [1.54, 1.807) is 6.08 Å². The molecule has 0 aromatic carbocycles. The van der Waals surface area contributed by atoms with Gasteiger partial charge in [0.15, 0.2) is 0 Å². The second-order valence-corrected chi connectivity index (χ2v) is 66.3. The van der Waals surface area contributed by atoms with Crippen LogP contribution in [0.5, 0.6) is 0 Å². The average molecular weight is 1970 g/mol. The summed E-state index contributed by atoms with van der Waals surface area (Å²) in [6, 6.07) is 5.29. The topological polar surface area (TPSA) is 417 Å². The van der Waals surface area contributed by atoms with Crippen molar-refractivity contribution in [1.82, 2.24) is 0 Å². The van der Waals surface area contributed by atoms with Crippen LogP contribution >= 0.6 is 11.6 Å². The fourth-order valence-corrected chi connectivity index (χ4v) is 70.5. The van der Waals surface area contributed by atoms with E-state index in [9.17, 15) is 24.0 Å². The van der Waals surface area contributed by atoms with Gasteiger partial charge in [-0.05, 0) is 196 Å². The molecule has 0 saturated carbocycles. The summed E-state index contributed by atoms with van der Waals surface area (Å²) in [5.74, 6) is -2.01. The number of carbonyl (C=O) groups is 5. The van der Waals surface area contributed by atoms with Crippen molar-refractivity contribution in [1.29, 1.82) is 0 Å². The van der Waals surface area contributed by atoms with Gasteiger partial charge in [-0.3, -0.25) is 4.79 Å². The van der Waals surface area contributed by atoms with E-state index in [0.29, 0.717) is 167 Å². The van der Waals surface area contributed by atoms with Crippen LogP contribution in [0.3, 0.4) is 0 Å². The van der Waals surface area contributed by atoms with Crippen LogP contribution in [0.4, 0.5) is 0 Å². The number of aliphatic hydroxyl groups excluding tert-OH is 5. The van der Waals surface area contributed by atoms with Crippen molar-refractivity contribution >= 4 is 146 Å². The van der Waals surface area contributed by atoms with Gasteiger partial charge in [0.2, 0.25) is 5.24 Å². The maximum Gasteiger partial charge on any atom is 0.330 e. The van der Waals surface area contributed by atoms with Gasteiger partial charge in [-0.2, -0.15) is 0 Å². The lowest BCUT2D eigenvalue weighted by atomic mass is 10.5. The zero-order valence-electron chi connectivity index (χ0n) is 77.8. The third-order valence-electron chi connectivity index (χ3n) is 16.5. The molecule has 3 aliphatic heterocycles. The molecule has 3 aliphatic rings. The minimum Gasteiger partial charge on any atom is -0.460 e. The van der Waals surface area contributed by atoms with Gasteiger partial charge < -0.3 is 136 Å². The third-order valence-corrected chi connectivity index (χ3v) is 66.6. The molecule has 48 heteroatoms. The zero-order valence-corrected chi connectivity index (χ0v) is 87.2. The van der Waals surface area contributed by atoms with Crippen LogP contribution in [0, 0.1) is 0 Å². The van der Waals surface area contributed by atoms with Gasteiger partial charge in [-0.1, -0.05) is 46.4 Å². The molecule has 3 rings (SSSR count). The summed E-state index contributed by atoms with van der Waals surface area (Å²) in [7, 11) is -28.7. The maximum absolute atomic E-state index is 11.4. The molecule has 3 fully saturated rings. The summed E-state index contributed by atoms with van der Waals surface area (Å²) in [6.07, 6.45) is 12.7.